The fraction of sp³-hybridized carbons (Fsp3) is 0.529. The summed E-state index contributed by atoms with van der Waals surface area (Å²) in [4.78, 5) is 52.4. The Labute approximate surface area is 309 Å². The summed E-state index contributed by atoms with van der Waals surface area (Å²) >= 11 is 37.5. The van der Waals surface area contributed by atoms with Crippen molar-refractivity contribution in [1.29, 1.82) is 0 Å². The van der Waals surface area contributed by atoms with Crippen LogP contribution >= 0.6 is 69.6 Å². The predicted molar refractivity (Wildman–Crippen MR) is 186 cm³/mol. The first-order valence-electron chi connectivity index (χ1n) is 15.4. The molecule has 0 N–H and O–H groups in total. The molecule has 262 valence electrons. The summed E-state index contributed by atoms with van der Waals surface area (Å²) in [5.41, 5.74) is -0.853. The second-order valence-electron chi connectivity index (χ2n) is 13.7. The third kappa shape index (κ3) is 8.50. The van der Waals surface area contributed by atoms with Gasteiger partial charge in [-0.2, -0.15) is 0 Å². The molecular weight excluding hydrogens is 749 g/mol. The number of carbonyl (C=O) groups is 4. The van der Waals surface area contributed by atoms with Gasteiger partial charge in [-0.05, 0) is 72.3 Å². The number of esters is 4. The zero-order valence-corrected chi connectivity index (χ0v) is 31.8. The largest absolute Gasteiger partial charge is 0.462 e. The Balaban J connectivity index is 1.49. The van der Waals surface area contributed by atoms with Gasteiger partial charge in [0.25, 0.3) is 0 Å². The van der Waals surface area contributed by atoms with Crippen molar-refractivity contribution in [2.45, 2.75) is 67.2 Å². The van der Waals surface area contributed by atoms with E-state index in [1.54, 1.807) is 0 Å². The molecule has 2 aromatic carbocycles. The first kappa shape index (κ1) is 38.9. The Morgan fingerprint density at radius 3 is 1.27 bits per heavy atom. The Morgan fingerprint density at radius 1 is 0.646 bits per heavy atom. The standard InChI is InChI=1S/C34H36Cl6O8/c1-15(2)17-13-33(17,5)7-9-45-29(41)23-25(39)19(35)11-21(37)27(23)47-31(43)32(44)48-28-22(38)12-20(36)26(40)24(28)30(42)46-10-8-34(6)14-18(34)16(3)4/h11-12,15-18H,7-10,13-14H2,1-6H3. The van der Waals surface area contributed by atoms with Gasteiger partial charge in [0.1, 0.15) is 11.1 Å². The Hall–Kier alpha value is -1.94. The van der Waals surface area contributed by atoms with E-state index in [4.69, 9.17) is 88.6 Å². The van der Waals surface area contributed by atoms with Gasteiger partial charge in [-0.1, -0.05) is 111 Å². The molecule has 2 fully saturated rings. The van der Waals surface area contributed by atoms with E-state index in [2.05, 4.69) is 41.5 Å². The van der Waals surface area contributed by atoms with Gasteiger partial charge in [0.15, 0.2) is 11.5 Å². The van der Waals surface area contributed by atoms with E-state index < -0.39 is 46.5 Å². The highest BCUT2D eigenvalue weighted by Crippen LogP contribution is 2.59. The van der Waals surface area contributed by atoms with Crippen LogP contribution in [-0.4, -0.2) is 37.1 Å². The van der Waals surface area contributed by atoms with E-state index in [-0.39, 0.29) is 54.2 Å². The van der Waals surface area contributed by atoms with Crippen LogP contribution in [0.5, 0.6) is 11.5 Å². The van der Waals surface area contributed by atoms with Gasteiger partial charge in [0, 0.05) is 0 Å². The Bertz CT molecular complexity index is 1520. The van der Waals surface area contributed by atoms with Crippen molar-refractivity contribution in [3.63, 3.8) is 0 Å². The zero-order chi connectivity index (χ0) is 35.9. The van der Waals surface area contributed by atoms with Gasteiger partial charge in [0.2, 0.25) is 0 Å². The molecule has 0 spiro atoms. The monoisotopic (exact) mass is 782 g/mol. The van der Waals surface area contributed by atoms with Crippen molar-refractivity contribution in [2.75, 3.05) is 13.2 Å². The van der Waals surface area contributed by atoms with Crippen LogP contribution in [-0.2, 0) is 19.1 Å². The summed E-state index contributed by atoms with van der Waals surface area (Å²) in [6, 6.07) is 2.26. The van der Waals surface area contributed by atoms with Crippen molar-refractivity contribution in [2.24, 2.45) is 34.5 Å². The third-order valence-corrected chi connectivity index (χ3v) is 11.6. The molecule has 2 saturated carbocycles. The molecule has 0 amide bonds. The van der Waals surface area contributed by atoms with Gasteiger partial charge in [0.05, 0.1) is 43.3 Å². The smallest absolute Gasteiger partial charge is 0.423 e. The number of carbonyl (C=O) groups excluding carboxylic acids is 4. The highest BCUT2D eigenvalue weighted by atomic mass is 35.5. The quantitative estimate of drug-likeness (QED) is 0.0907. The fourth-order valence-corrected chi connectivity index (χ4v) is 7.87. The van der Waals surface area contributed by atoms with Crippen molar-refractivity contribution in [3.8, 4) is 11.5 Å². The number of hydrogen-bond donors (Lipinski definition) is 0. The Kier molecular flexibility index (Phi) is 12.2. The number of benzene rings is 2. The summed E-state index contributed by atoms with van der Waals surface area (Å²) in [5, 5.41) is -1.48. The van der Waals surface area contributed by atoms with E-state index in [9.17, 15) is 19.2 Å². The molecule has 14 heteroatoms. The normalized spacial score (nSPS) is 22.8. The van der Waals surface area contributed by atoms with E-state index >= 15 is 0 Å². The SMILES string of the molecule is CC(C)C1CC1(C)CCOC(=O)c1c(Cl)c(Cl)cc(Cl)c1OC(=O)C(=O)Oc1c(Cl)cc(Cl)c(Cl)c1C(=O)OCCC1(C)CC1C(C)C. The molecule has 0 saturated heterocycles. The summed E-state index contributed by atoms with van der Waals surface area (Å²) in [7, 11) is 0. The van der Waals surface area contributed by atoms with Crippen LogP contribution in [0, 0.1) is 34.5 Å². The second-order valence-corrected chi connectivity index (χ2v) is 16.1. The van der Waals surface area contributed by atoms with E-state index in [1.807, 2.05) is 0 Å². The lowest BCUT2D eigenvalue weighted by molar-refractivity contribution is -0.156. The van der Waals surface area contributed by atoms with Gasteiger partial charge in [-0.25, -0.2) is 19.2 Å². The summed E-state index contributed by atoms with van der Waals surface area (Å²) in [5.74, 6) is -4.37. The van der Waals surface area contributed by atoms with Crippen LogP contribution in [0.2, 0.25) is 30.1 Å². The van der Waals surface area contributed by atoms with Gasteiger partial charge < -0.3 is 18.9 Å². The minimum atomic E-state index is -1.64. The van der Waals surface area contributed by atoms with Crippen LogP contribution in [0.1, 0.15) is 87.9 Å². The van der Waals surface area contributed by atoms with Crippen LogP contribution < -0.4 is 9.47 Å². The second kappa shape index (κ2) is 15.1. The molecule has 48 heavy (non-hydrogen) atoms. The molecular formula is C34H36Cl6O8. The lowest BCUT2D eigenvalue weighted by atomic mass is 9.96. The summed E-state index contributed by atoms with van der Waals surface area (Å²) < 4.78 is 21.3. The topological polar surface area (TPSA) is 105 Å². The first-order chi connectivity index (χ1) is 22.3. The predicted octanol–water partition coefficient (Wildman–Crippen LogP) is 10.6. The van der Waals surface area contributed by atoms with Crippen LogP contribution in [0.15, 0.2) is 12.1 Å². The third-order valence-electron chi connectivity index (χ3n) is 9.48. The maximum atomic E-state index is 13.2. The average Bonchev–Trinajstić information content (AvgIpc) is 3.88. The molecule has 8 nitrogen and oxygen atoms in total. The molecule has 2 aliphatic rings. The molecule has 0 bridgehead atoms. The zero-order valence-electron chi connectivity index (χ0n) is 27.2. The molecule has 4 unspecified atom stereocenters. The number of hydrogen-bond acceptors (Lipinski definition) is 8. The van der Waals surface area contributed by atoms with Gasteiger partial charge in [-0.3, -0.25) is 0 Å². The highest BCUT2D eigenvalue weighted by molar-refractivity contribution is 6.47. The average molecular weight is 785 g/mol. The van der Waals surface area contributed by atoms with Gasteiger partial charge in [-0.15, -0.1) is 0 Å². The maximum Gasteiger partial charge on any atom is 0.423 e. The molecule has 4 rings (SSSR count). The van der Waals surface area contributed by atoms with Crippen LogP contribution in [0.4, 0.5) is 0 Å². The van der Waals surface area contributed by atoms with Crippen LogP contribution in [0.25, 0.3) is 0 Å². The van der Waals surface area contributed by atoms with Crippen molar-refractivity contribution in [1.82, 2.24) is 0 Å². The molecule has 2 aromatic rings. The van der Waals surface area contributed by atoms with Crippen molar-refractivity contribution >= 4 is 93.5 Å². The van der Waals surface area contributed by atoms with Crippen molar-refractivity contribution < 1.29 is 38.1 Å². The molecule has 0 aromatic heterocycles. The minimum Gasteiger partial charge on any atom is -0.462 e. The molecule has 2 aliphatic carbocycles. The number of rotatable bonds is 12. The molecule has 0 radical (unpaired) electrons. The number of halogens is 6. The van der Waals surface area contributed by atoms with Crippen molar-refractivity contribution in [3.05, 3.63) is 53.4 Å². The molecule has 0 heterocycles. The maximum absolute atomic E-state index is 13.2. The van der Waals surface area contributed by atoms with Crippen LogP contribution in [0.3, 0.4) is 0 Å². The molecule has 4 atom stereocenters. The fourth-order valence-electron chi connectivity index (χ4n) is 6.43. The minimum absolute atomic E-state index is 0.0343. The summed E-state index contributed by atoms with van der Waals surface area (Å²) in [6.45, 7) is 12.9. The summed E-state index contributed by atoms with van der Waals surface area (Å²) in [6.07, 6.45) is 3.22. The van der Waals surface area contributed by atoms with E-state index in [0.717, 1.165) is 25.0 Å². The highest BCUT2D eigenvalue weighted by Gasteiger charge is 2.51. The van der Waals surface area contributed by atoms with E-state index in [1.165, 1.54) is 0 Å². The Morgan fingerprint density at radius 2 is 0.979 bits per heavy atom. The number of ether oxygens (including phenoxy) is 4. The van der Waals surface area contributed by atoms with E-state index in [0.29, 0.717) is 36.5 Å². The van der Waals surface area contributed by atoms with Gasteiger partial charge >= 0.3 is 23.9 Å². The first-order valence-corrected chi connectivity index (χ1v) is 17.7. The molecule has 0 aliphatic heterocycles. The lowest BCUT2D eigenvalue weighted by Gasteiger charge is -2.17. The lowest BCUT2D eigenvalue weighted by Crippen LogP contribution is -2.27.